The first-order chi connectivity index (χ1) is 13.2. The zero-order valence-corrected chi connectivity index (χ0v) is 16.6. The van der Waals surface area contributed by atoms with E-state index >= 15 is 0 Å². The van der Waals surface area contributed by atoms with Gasteiger partial charge < -0.3 is 21.1 Å². The van der Waals surface area contributed by atoms with E-state index in [9.17, 15) is 14.4 Å². The number of esters is 1. The second-order valence-electron chi connectivity index (χ2n) is 6.41. The molecule has 0 saturated carbocycles. The molecule has 2 aromatic carbocycles. The highest BCUT2D eigenvalue weighted by atomic mass is 35.5. The highest BCUT2D eigenvalue weighted by Crippen LogP contribution is 2.22. The Kier molecular flexibility index (Phi) is 7.00. The van der Waals surface area contributed by atoms with Gasteiger partial charge in [-0.3, -0.25) is 9.59 Å². The van der Waals surface area contributed by atoms with E-state index < -0.39 is 18.5 Å². The molecule has 0 unspecified atom stereocenters. The van der Waals surface area contributed by atoms with Crippen LogP contribution in [-0.2, 0) is 14.3 Å². The van der Waals surface area contributed by atoms with Crippen LogP contribution in [-0.4, -0.2) is 30.9 Å². The average Bonchev–Trinajstić information content (AvgIpc) is 2.63. The molecule has 7 nitrogen and oxygen atoms in total. The van der Waals surface area contributed by atoms with Crippen LogP contribution in [0.25, 0.3) is 0 Å². The summed E-state index contributed by atoms with van der Waals surface area (Å²) in [5.41, 5.74) is 9.74. The van der Waals surface area contributed by atoms with Gasteiger partial charge in [-0.15, -0.1) is 0 Å². The second-order valence-corrected chi connectivity index (χ2v) is 6.82. The van der Waals surface area contributed by atoms with E-state index in [0.717, 1.165) is 22.4 Å². The Hall–Kier alpha value is -3.06. The number of nitrogen functional groups attached to an aromatic ring is 1. The third kappa shape index (κ3) is 5.72. The Morgan fingerprint density at radius 2 is 1.68 bits per heavy atom. The molecule has 28 heavy (non-hydrogen) atoms. The molecule has 0 fully saturated rings. The van der Waals surface area contributed by atoms with Gasteiger partial charge in [0.1, 0.15) is 0 Å². The van der Waals surface area contributed by atoms with Crippen LogP contribution in [0.5, 0.6) is 0 Å². The number of anilines is 2. The Balaban J connectivity index is 1.81. The lowest BCUT2D eigenvalue weighted by Gasteiger charge is -2.13. The van der Waals surface area contributed by atoms with Crippen LogP contribution in [0.3, 0.4) is 0 Å². The van der Waals surface area contributed by atoms with Gasteiger partial charge in [-0.2, -0.15) is 0 Å². The standard InChI is InChI=1S/C20H22ClN3O4/c1-11-6-12(2)19(13(3)7-11)24-17(25)9-23-18(26)10-28-20(27)14-4-5-15(21)16(22)8-14/h4-8H,9-10,22H2,1-3H3,(H,23,26)(H,24,25). The number of nitrogens with one attached hydrogen (secondary N) is 2. The quantitative estimate of drug-likeness (QED) is 0.507. The first kappa shape index (κ1) is 21.2. The van der Waals surface area contributed by atoms with Gasteiger partial charge in [0.05, 0.1) is 22.8 Å². The lowest BCUT2D eigenvalue weighted by molar-refractivity contribution is -0.126. The van der Waals surface area contributed by atoms with Crippen LogP contribution >= 0.6 is 11.6 Å². The predicted molar refractivity (Wildman–Crippen MR) is 108 cm³/mol. The van der Waals surface area contributed by atoms with Crippen LogP contribution in [0.4, 0.5) is 11.4 Å². The fourth-order valence-corrected chi connectivity index (χ4v) is 2.79. The van der Waals surface area contributed by atoms with E-state index in [0.29, 0.717) is 5.02 Å². The number of halogens is 1. The topological polar surface area (TPSA) is 111 Å². The van der Waals surface area contributed by atoms with Gasteiger partial charge in [0.25, 0.3) is 5.91 Å². The summed E-state index contributed by atoms with van der Waals surface area (Å²) in [4.78, 5) is 35.8. The number of ether oxygens (including phenoxy) is 1. The molecule has 0 aliphatic carbocycles. The van der Waals surface area contributed by atoms with Crippen molar-refractivity contribution in [3.8, 4) is 0 Å². The van der Waals surface area contributed by atoms with Gasteiger partial charge in [-0.25, -0.2) is 4.79 Å². The number of hydrogen-bond acceptors (Lipinski definition) is 5. The lowest BCUT2D eigenvalue weighted by Crippen LogP contribution is -2.35. The fraction of sp³-hybridized carbons (Fsp3) is 0.250. The minimum atomic E-state index is -0.714. The molecule has 0 aliphatic heterocycles. The highest BCUT2D eigenvalue weighted by molar-refractivity contribution is 6.33. The van der Waals surface area contributed by atoms with Gasteiger partial charge in [-0.05, 0) is 50.1 Å². The molecule has 0 atom stereocenters. The number of rotatable bonds is 6. The zero-order valence-electron chi connectivity index (χ0n) is 15.9. The minimum absolute atomic E-state index is 0.178. The molecule has 0 saturated heterocycles. The SMILES string of the molecule is Cc1cc(C)c(NC(=O)CNC(=O)COC(=O)c2ccc(Cl)c(N)c2)c(C)c1. The summed E-state index contributed by atoms with van der Waals surface area (Å²) in [5, 5.41) is 5.50. The van der Waals surface area contributed by atoms with Gasteiger partial charge in [-0.1, -0.05) is 29.3 Å². The smallest absolute Gasteiger partial charge is 0.338 e. The van der Waals surface area contributed by atoms with Crippen LogP contribution in [0.1, 0.15) is 27.0 Å². The van der Waals surface area contributed by atoms with Gasteiger partial charge in [0, 0.05) is 5.69 Å². The lowest BCUT2D eigenvalue weighted by atomic mass is 10.1. The summed E-state index contributed by atoms with van der Waals surface area (Å²) in [5.74, 6) is -1.68. The fourth-order valence-electron chi connectivity index (χ4n) is 2.68. The van der Waals surface area contributed by atoms with Gasteiger partial charge in [0.2, 0.25) is 5.91 Å². The molecule has 0 spiro atoms. The number of benzene rings is 2. The summed E-state index contributed by atoms with van der Waals surface area (Å²) in [6.45, 7) is 5.02. The van der Waals surface area contributed by atoms with Crippen molar-refractivity contribution >= 4 is 40.8 Å². The zero-order chi connectivity index (χ0) is 20.8. The molecule has 0 aromatic heterocycles. The number of hydrogen-bond donors (Lipinski definition) is 3. The van der Waals surface area contributed by atoms with Crippen LogP contribution < -0.4 is 16.4 Å². The molecule has 148 valence electrons. The molecule has 4 N–H and O–H groups in total. The maximum absolute atomic E-state index is 12.1. The summed E-state index contributed by atoms with van der Waals surface area (Å²) < 4.78 is 4.91. The maximum atomic E-state index is 12.1. The van der Waals surface area contributed by atoms with E-state index in [4.69, 9.17) is 22.1 Å². The van der Waals surface area contributed by atoms with Gasteiger partial charge >= 0.3 is 5.97 Å². The molecule has 0 bridgehead atoms. The third-order valence-electron chi connectivity index (χ3n) is 3.95. The van der Waals surface area contributed by atoms with Crippen LogP contribution in [0.15, 0.2) is 30.3 Å². The first-order valence-electron chi connectivity index (χ1n) is 8.54. The Morgan fingerprint density at radius 1 is 1.04 bits per heavy atom. The van der Waals surface area contributed by atoms with Crippen molar-refractivity contribution in [3.63, 3.8) is 0 Å². The number of nitrogens with two attached hydrogens (primary N) is 1. The predicted octanol–water partition coefficient (Wildman–Crippen LogP) is 2.76. The van der Waals surface area contributed by atoms with Gasteiger partial charge in [0.15, 0.2) is 6.61 Å². The second kappa shape index (κ2) is 9.23. The maximum Gasteiger partial charge on any atom is 0.338 e. The van der Waals surface area contributed by atoms with E-state index in [1.807, 2.05) is 32.9 Å². The Labute approximate surface area is 168 Å². The van der Waals surface area contributed by atoms with E-state index in [-0.39, 0.29) is 23.7 Å². The van der Waals surface area contributed by atoms with Crippen molar-refractivity contribution in [2.24, 2.45) is 0 Å². The van der Waals surface area contributed by atoms with Crippen molar-refractivity contribution in [2.45, 2.75) is 20.8 Å². The van der Waals surface area contributed by atoms with Crippen molar-refractivity contribution in [2.75, 3.05) is 24.2 Å². The molecule has 0 heterocycles. The van der Waals surface area contributed by atoms with Crippen molar-refractivity contribution in [1.82, 2.24) is 5.32 Å². The normalized spacial score (nSPS) is 10.3. The molecule has 0 aliphatic rings. The first-order valence-corrected chi connectivity index (χ1v) is 8.91. The highest BCUT2D eigenvalue weighted by Gasteiger charge is 2.13. The number of carbonyl (C=O) groups excluding carboxylic acids is 3. The average molecular weight is 404 g/mol. The largest absolute Gasteiger partial charge is 0.452 e. The molecule has 2 amide bonds. The van der Waals surface area contributed by atoms with Crippen molar-refractivity contribution in [3.05, 3.63) is 57.6 Å². The summed E-state index contributed by atoms with van der Waals surface area (Å²) in [6, 6.07) is 8.20. The van der Waals surface area contributed by atoms with E-state index in [2.05, 4.69) is 10.6 Å². The number of amides is 2. The van der Waals surface area contributed by atoms with E-state index in [1.165, 1.54) is 18.2 Å². The van der Waals surface area contributed by atoms with Crippen LogP contribution in [0, 0.1) is 20.8 Å². The summed E-state index contributed by atoms with van der Waals surface area (Å²) >= 11 is 5.79. The third-order valence-corrected chi connectivity index (χ3v) is 4.30. The molecular weight excluding hydrogens is 382 g/mol. The Bertz CT molecular complexity index is 905. The minimum Gasteiger partial charge on any atom is -0.452 e. The molecular formula is C20H22ClN3O4. The summed E-state index contributed by atoms with van der Waals surface area (Å²) in [6.07, 6.45) is 0. The Morgan fingerprint density at radius 3 is 2.29 bits per heavy atom. The molecule has 2 rings (SSSR count). The molecule has 0 radical (unpaired) electrons. The number of aryl methyl sites for hydroxylation is 3. The monoisotopic (exact) mass is 403 g/mol. The summed E-state index contributed by atoms with van der Waals surface area (Å²) in [7, 11) is 0. The number of carbonyl (C=O) groups is 3. The molecule has 8 heteroatoms. The van der Waals surface area contributed by atoms with E-state index in [1.54, 1.807) is 0 Å². The van der Waals surface area contributed by atoms with Crippen molar-refractivity contribution < 1.29 is 19.1 Å². The van der Waals surface area contributed by atoms with Crippen molar-refractivity contribution in [1.29, 1.82) is 0 Å². The van der Waals surface area contributed by atoms with Crippen LogP contribution in [0.2, 0.25) is 5.02 Å². The molecule has 2 aromatic rings.